The molecule has 0 unspecified atom stereocenters. The van der Waals surface area contributed by atoms with E-state index < -0.39 is 0 Å². The van der Waals surface area contributed by atoms with Gasteiger partial charge in [-0.1, -0.05) is 41.9 Å². The second kappa shape index (κ2) is 4.37. The van der Waals surface area contributed by atoms with Crippen LogP contribution in [-0.4, -0.2) is 9.78 Å². The van der Waals surface area contributed by atoms with E-state index in [9.17, 15) is 0 Å². The topological polar surface area (TPSA) is 43.8 Å². The Kier molecular flexibility index (Phi) is 2.93. The van der Waals surface area contributed by atoms with Crippen molar-refractivity contribution in [2.75, 3.05) is 5.73 Å². The fourth-order valence-electron chi connectivity index (χ4n) is 2.88. The van der Waals surface area contributed by atoms with Gasteiger partial charge in [0.2, 0.25) is 0 Å². The van der Waals surface area contributed by atoms with E-state index in [0.717, 1.165) is 29.7 Å². The molecular formula is C15H18BrN3. The van der Waals surface area contributed by atoms with Crippen molar-refractivity contribution in [3.63, 3.8) is 0 Å². The third kappa shape index (κ3) is 2.18. The zero-order valence-corrected chi connectivity index (χ0v) is 12.9. The second-order valence-corrected chi connectivity index (χ2v) is 6.79. The molecule has 3 rings (SSSR count). The van der Waals surface area contributed by atoms with Gasteiger partial charge in [-0.3, -0.25) is 0 Å². The Labute approximate surface area is 121 Å². The van der Waals surface area contributed by atoms with Gasteiger partial charge < -0.3 is 5.73 Å². The number of hydrogen-bond donors (Lipinski definition) is 1. The van der Waals surface area contributed by atoms with Crippen LogP contribution in [0.4, 0.5) is 5.82 Å². The van der Waals surface area contributed by atoms with Gasteiger partial charge in [0.1, 0.15) is 5.82 Å². The molecule has 0 radical (unpaired) electrons. The van der Waals surface area contributed by atoms with Gasteiger partial charge >= 0.3 is 0 Å². The van der Waals surface area contributed by atoms with Crippen LogP contribution in [0.3, 0.4) is 0 Å². The predicted molar refractivity (Wildman–Crippen MR) is 81.2 cm³/mol. The van der Waals surface area contributed by atoms with Crippen molar-refractivity contribution in [3.05, 3.63) is 45.6 Å². The standard InChI is InChI=1S/C15H18BrN3/c1-15(2)8-7-12-13(15)14(17)19(18-12)9-10-3-5-11(16)6-4-10/h3-6H,7-9,17H2,1-2H3. The van der Waals surface area contributed by atoms with Gasteiger partial charge in [0, 0.05) is 10.0 Å². The first-order valence-electron chi connectivity index (χ1n) is 6.57. The van der Waals surface area contributed by atoms with E-state index >= 15 is 0 Å². The molecule has 1 aliphatic carbocycles. The number of nitrogens with zero attached hydrogens (tertiary/aromatic N) is 2. The highest BCUT2D eigenvalue weighted by Crippen LogP contribution is 2.41. The van der Waals surface area contributed by atoms with E-state index in [2.05, 4.69) is 47.0 Å². The molecule has 0 atom stereocenters. The van der Waals surface area contributed by atoms with Crippen molar-refractivity contribution in [3.8, 4) is 0 Å². The predicted octanol–water partition coefficient (Wildman–Crippen LogP) is 3.50. The smallest absolute Gasteiger partial charge is 0.126 e. The van der Waals surface area contributed by atoms with E-state index in [4.69, 9.17) is 5.73 Å². The Morgan fingerprint density at radius 3 is 2.63 bits per heavy atom. The quantitative estimate of drug-likeness (QED) is 0.920. The number of aryl methyl sites for hydroxylation is 1. The monoisotopic (exact) mass is 319 g/mol. The second-order valence-electron chi connectivity index (χ2n) is 5.87. The molecule has 2 aromatic rings. The number of hydrogen-bond acceptors (Lipinski definition) is 2. The molecule has 0 spiro atoms. The summed E-state index contributed by atoms with van der Waals surface area (Å²) in [5, 5.41) is 4.68. The van der Waals surface area contributed by atoms with Crippen LogP contribution in [0.15, 0.2) is 28.7 Å². The lowest BCUT2D eigenvalue weighted by atomic mass is 9.87. The zero-order valence-electron chi connectivity index (χ0n) is 11.3. The molecule has 1 aliphatic rings. The maximum Gasteiger partial charge on any atom is 0.126 e. The van der Waals surface area contributed by atoms with E-state index in [1.54, 1.807) is 0 Å². The van der Waals surface area contributed by atoms with E-state index in [1.807, 2.05) is 16.8 Å². The molecule has 1 aromatic carbocycles. The van der Waals surface area contributed by atoms with Crippen molar-refractivity contribution < 1.29 is 0 Å². The molecule has 1 heterocycles. The number of fused-ring (bicyclic) bond motifs is 1. The SMILES string of the molecule is CC1(C)CCc2nn(Cc3ccc(Br)cc3)c(N)c21. The summed E-state index contributed by atoms with van der Waals surface area (Å²) in [5.41, 5.74) is 10.1. The number of halogens is 1. The van der Waals surface area contributed by atoms with Crippen LogP contribution >= 0.6 is 15.9 Å². The summed E-state index contributed by atoms with van der Waals surface area (Å²) in [7, 11) is 0. The fraction of sp³-hybridized carbons (Fsp3) is 0.400. The normalized spacial score (nSPS) is 16.6. The summed E-state index contributed by atoms with van der Waals surface area (Å²) >= 11 is 3.45. The van der Waals surface area contributed by atoms with Gasteiger partial charge in [-0.25, -0.2) is 4.68 Å². The average Bonchev–Trinajstić information content (AvgIpc) is 2.82. The highest BCUT2D eigenvalue weighted by molar-refractivity contribution is 9.10. The summed E-state index contributed by atoms with van der Waals surface area (Å²) in [6.45, 7) is 5.24. The van der Waals surface area contributed by atoms with Crippen LogP contribution in [0.1, 0.15) is 37.1 Å². The molecule has 0 bridgehead atoms. The number of rotatable bonds is 2. The molecule has 100 valence electrons. The summed E-state index contributed by atoms with van der Waals surface area (Å²) < 4.78 is 3.03. The lowest BCUT2D eigenvalue weighted by molar-refractivity contribution is 0.515. The van der Waals surface area contributed by atoms with Gasteiger partial charge in [0.05, 0.1) is 12.2 Å². The molecule has 19 heavy (non-hydrogen) atoms. The molecule has 1 aromatic heterocycles. The molecule has 0 saturated carbocycles. The Balaban J connectivity index is 1.93. The third-order valence-corrected chi connectivity index (χ3v) is 4.50. The highest BCUT2D eigenvalue weighted by Gasteiger charge is 2.35. The van der Waals surface area contributed by atoms with E-state index in [1.165, 1.54) is 16.8 Å². The van der Waals surface area contributed by atoms with Gasteiger partial charge in [-0.2, -0.15) is 5.10 Å². The summed E-state index contributed by atoms with van der Waals surface area (Å²) in [4.78, 5) is 0. The molecule has 0 fully saturated rings. The lowest BCUT2D eigenvalue weighted by Crippen LogP contribution is -2.16. The minimum atomic E-state index is 0.164. The molecule has 0 aliphatic heterocycles. The number of anilines is 1. The minimum absolute atomic E-state index is 0.164. The molecule has 0 saturated heterocycles. The zero-order chi connectivity index (χ0) is 13.6. The first kappa shape index (κ1) is 12.7. The van der Waals surface area contributed by atoms with Crippen molar-refractivity contribution in [1.82, 2.24) is 9.78 Å². The van der Waals surface area contributed by atoms with Crippen molar-refractivity contribution in [1.29, 1.82) is 0 Å². The maximum atomic E-state index is 6.30. The first-order valence-corrected chi connectivity index (χ1v) is 7.37. The Hall–Kier alpha value is -1.29. The molecule has 0 amide bonds. The van der Waals surface area contributed by atoms with Crippen LogP contribution in [0.2, 0.25) is 0 Å². The van der Waals surface area contributed by atoms with Crippen LogP contribution in [0.5, 0.6) is 0 Å². The summed E-state index contributed by atoms with van der Waals surface area (Å²) in [6, 6.07) is 8.29. The first-order chi connectivity index (χ1) is 8.97. The summed E-state index contributed by atoms with van der Waals surface area (Å²) in [6.07, 6.45) is 2.19. The maximum absolute atomic E-state index is 6.30. The van der Waals surface area contributed by atoms with Crippen LogP contribution in [0, 0.1) is 0 Å². The van der Waals surface area contributed by atoms with Crippen molar-refractivity contribution in [2.45, 2.75) is 38.6 Å². The fourth-order valence-corrected chi connectivity index (χ4v) is 3.14. The van der Waals surface area contributed by atoms with Gasteiger partial charge in [-0.05, 0) is 36.0 Å². The molecule has 2 N–H and O–H groups in total. The largest absolute Gasteiger partial charge is 0.384 e. The Bertz CT molecular complexity index is 611. The lowest BCUT2D eigenvalue weighted by Gasteiger charge is -2.18. The Morgan fingerprint density at radius 2 is 2.00 bits per heavy atom. The van der Waals surface area contributed by atoms with Crippen LogP contribution in [0.25, 0.3) is 0 Å². The molecule has 3 nitrogen and oxygen atoms in total. The number of nitrogen functional groups attached to an aromatic ring is 1. The van der Waals surface area contributed by atoms with Gasteiger partial charge in [0.15, 0.2) is 0 Å². The third-order valence-electron chi connectivity index (χ3n) is 3.97. The highest BCUT2D eigenvalue weighted by atomic mass is 79.9. The average molecular weight is 320 g/mol. The molecular weight excluding hydrogens is 302 g/mol. The van der Waals surface area contributed by atoms with Crippen LogP contribution in [-0.2, 0) is 18.4 Å². The molecule has 4 heteroatoms. The number of aromatic nitrogens is 2. The van der Waals surface area contributed by atoms with E-state index in [0.29, 0.717) is 0 Å². The number of benzene rings is 1. The summed E-state index contributed by atoms with van der Waals surface area (Å²) in [5.74, 6) is 0.834. The minimum Gasteiger partial charge on any atom is -0.384 e. The van der Waals surface area contributed by atoms with Crippen LogP contribution < -0.4 is 5.73 Å². The van der Waals surface area contributed by atoms with Gasteiger partial charge in [-0.15, -0.1) is 0 Å². The van der Waals surface area contributed by atoms with Gasteiger partial charge in [0.25, 0.3) is 0 Å². The van der Waals surface area contributed by atoms with E-state index in [-0.39, 0.29) is 5.41 Å². The van der Waals surface area contributed by atoms with Crippen molar-refractivity contribution in [2.24, 2.45) is 0 Å². The van der Waals surface area contributed by atoms with Crippen molar-refractivity contribution >= 4 is 21.7 Å². The number of nitrogens with two attached hydrogens (primary N) is 1. The Morgan fingerprint density at radius 1 is 1.32 bits per heavy atom.